The van der Waals surface area contributed by atoms with Crippen LogP contribution >= 0.6 is 0 Å². The minimum atomic E-state index is -4.48. The SMILES string of the molecule is CCC(OC(CC)S(=O)(=O)O)S(=O)(=O)O.[H-].[K+]. The van der Waals surface area contributed by atoms with Crippen LogP contribution in [0.5, 0.6) is 0 Å². The molecule has 0 bridgehead atoms. The quantitative estimate of drug-likeness (QED) is 0.407. The van der Waals surface area contributed by atoms with Crippen LogP contribution in [0.15, 0.2) is 0 Å². The fraction of sp³-hybridized carbons (Fsp3) is 1.00. The molecule has 0 aromatic carbocycles. The van der Waals surface area contributed by atoms with E-state index in [9.17, 15) is 16.8 Å². The van der Waals surface area contributed by atoms with Gasteiger partial charge in [0.25, 0.3) is 20.2 Å². The van der Waals surface area contributed by atoms with Crippen molar-refractivity contribution in [3.63, 3.8) is 0 Å². The molecule has 10 heteroatoms. The first-order chi connectivity index (χ1) is 6.62. The molecule has 0 fully saturated rings. The van der Waals surface area contributed by atoms with E-state index in [2.05, 4.69) is 4.74 Å². The molecule has 2 atom stereocenters. The number of ether oxygens (including phenoxy) is 1. The van der Waals surface area contributed by atoms with Crippen molar-refractivity contribution in [3.05, 3.63) is 0 Å². The summed E-state index contributed by atoms with van der Waals surface area (Å²) in [4.78, 5) is 0. The van der Waals surface area contributed by atoms with Gasteiger partial charge >= 0.3 is 51.4 Å². The van der Waals surface area contributed by atoms with Gasteiger partial charge in [-0.15, -0.1) is 0 Å². The Hall–Kier alpha value is 1.42. The summed E-state index contributed by atoms with van der Waals surface area (Å²) in [6.07, 6.45) is -0.240. The minimum Gasteiger partial charge on any atom is -1.00 e. The summed E-state index contributed by atoms with van der Waals surface area (Å²) in [5.41, 5.74) is -3.30. The monoisotopic (exact) mass is 302 g/mol. The van der Waals surface area contributed by atoms with Crippen LogP contribution in [-0.4, -0.2) is 36.8 Å². The Balaban J connectivity index is -0.000000980. The first-order valence-electron chi connectivity index (χ1n) is 4.21. The van der Waals surface area contributed by atoms with Gasteiger partial charge in [-0.2, -0.15) is 16.8 Å². The summed E-state index contributed by atoms with van der Waals surface area (Å²) in [6.45, 7) is 2.80. The maximum absolute atomic E-state index is 10.7. The zero-order chi connectivity index (χ0) is 12.3. The van der Waals surface area contributed by atoms with Gasteiger partial charge in [-0.25, -0.2) is 0 Å². The standard InChI is InChI=1S/C6H14O7S2.K.H/c1-3-5(14(7,8)9)13-6(4-2)15(10,11)12;;/h5-6H,3-4H2,1-2H3,(H,7,8,9)(H,10,11,12);;/q;+1;-1. The second-order valence-corrected chi connectivity index (χ2v) is 5.95. The van der Waals surface area contributed by atoms with Crippen LogP contribution < -0.4 is 51.4 Å². The third kappa shape index (κ3) is 6.99. The molecule has 0 heterocycles. The van der Waals surface area contributed by atoms with E-state index in [-0.39, 0.29) is 65.7 Å². The summed E-state index contributed by atoms with van der Waals surface area (Å²) in [7, 11) is -8.96. The summed E-state index contributed by atoms with van der Waals surface area (Å²) in [5.74, 6) is 0. The zero-order valence-electron chi connectivity index (χ0n) is 10.3. The van der Waals surface area contributed by atoms with Crippen molar-refractivity contribution in [1.29, 1.82) is 0 Å². The molecule has 0 aromatic heterocycles. The van der Waals surface area contributed by atoms with Crippen LogP contribution in [-0.2, 0) is 25.0 Å². The number of hydrogen-bond donors (Lipinski definition) is 2. The number of rotatable bonds is 6. The molecule has 16 heavy (non-hydrogen) atoms. The van der Waals surface area contributed by atoms with E-state index in [1.165, 1.54) is 13.8 Å². The Labute approximate surface area is 139 Å². The largest absolute Gasteiger partial charge is 1.00 e. The fourth-order valence-corrected chi connectivity index (χ4v) is 2.39. The van der Waals surface area contributed by atoms with Crippen molar-refractivity contribution in [2.75, 3.05) is 0 Å². The molecule has 0 spiro atoms. The third-order valence-corrected chi connectivity index (χ3v) is 3.85. The smallest absolute Gasteiger partial charge is 1.00 e. The van der Waals surface area contributed by atoms with Gasteiger partial charge < -0.3 is 6.16 Å². The van der Waals surface area contributed by atoms with E-state index in [0.717, 1.165) is 0 Å². The predicted molar refractivity (Wildman–Crippen MR) is 53.5 cm³/mol. The Morgan fingerprint density at radius 2 is 1.25 bits per heavy atom. The Morgan fingerprint density at radius 1 is 1.00 bits per heavy atom. The molecule has 0 amide bonds. The van der Waals surface area contributed by atoms with Gasteiger partial charge in [0.2, 0.25) is 0 Å². The fourth-order valence-electron chi connectivity index (χ4n) is 0.923. The minimum absolute atomic E-state index is 0. The molecule has 0 aliphatic rings. The van der Waals surface area contributed by atoms with Crippen LogP contribution in [0, 0.1) is 0 Å². The summed E-state index contributed by atoms with van der Waals surface area (Å²) >= 11 is 0. The van der Waals surface area contributed by atoms with Gasteiger partial charge in [0.1, 0.15) is 0 Å². The van der Waals surface area contributed by atoms with Crippen molar-refractivity contribution >= 4 is 20.2 Å². The predicted octanol–water partition coefficient (Wildman–Crippen LogP) is -2.63. The Morgan fingerprint density at radius 3 is 1.38 bits per heavy atom. The molecule has 0 saturated carbocycles. The molecule has 94 valence electrons. The van der Waals surface area contributed by atoms with Crippen molar-refractivity contribution in [2.24, 2.45) is 0 Å². The molecule has 0 saturated heterocycles. The van der Waals surface area contributed by atoms with Gasteiger partial charge in [-0.1, -0.05) is 13.8 Å². The van der Waals surface area contributed by atoms with Gasteiger partial charge in [0, 0.05) is 0 Å². The van der Waals surface area contributed by atoms with Gasteiger partial charge in [-0.3, -0.25) is 9.11 Å². The van der Waals surface area contributed by atoms with E-state index in [4.69, 9.17) is 9.11 Å². The van der Waals surface area contributed by atoms with E-state index >= 15 is 0 Å². The third-order valence-electron chi connectivity index (χ3n) is 1.63. The summed E-state index contributed by atoms with van der Waals surface area (Å²) in [6, 6.07) is 0. The maximum Gasteiger partial charge on any atom is 1.00 e. The van der Waals surface area contributed by atoms with Crippen molar-refractivity contribution in [3.8, 4) is 0 Å². The van der Waals surface area contributed by atoms with Crippen LogP contribution in [0.25, 0.3) is 0 Å². The zero-order valence-corrected chi connectivity index (χ0v) is 14.1. The van der Waals surface area contributed by atoms with E-state index in [1.54, 1.807) is 0 Å². The van der Waals surface area contributed by atoms with Gasteiger partial charge in [-0.05, 0) is 12.8 Å². The van der Waals surface area contributed by atoms with E-state index in [1.807, 2.05) is 0 Å². The Bertz CT molecular complexity index is 355. The average Bonchev–Trinajstić information content (AvgIpc) is 2.01. The normalized spacial score (nSPS) is 16.2. The summed E-state index contributed by atoms with van der Waals surface area (Å²) in [5, 5.41) is 0. The van der Waals surface area contributed by atoms with Crippen molar-refractivity contribution in [1.82, 2.24) is 0 Å². The molecule has 0 aliphatic heterocycles. The molecular weight excluding hydrogens is 287 g/mol. The number of hydrogen-bond acceptors (Lipinski definition) is 5. The second kappa shape index (κ2) is 7.76. The van der Waals surface area contributed by atoms with Crippen LogP contribution in [0.4, 0.5) is 0 Å². The topological polar surface area (TPSA) is 118 Å². The van der Waals surface area contributed by atoms with E-state index in [0.29, 0.717) is 0 Å². The molecular formula is C6H15KO7S2. The first-order valence-corrected chi connectivity index (χ1v) is 7.21. The van der Waals surface area contributed by atoms with Crippen LogP contribution in [0.3, 0.4) is 0 Å². The van der Waals surface area contributed by atoms with E-state index < -0.39 is 31.1 Å². The molecule has 0 radical (unpaired) electrons. The maximum atomic E-state index is 10.7. The second-order valence-electron chi connectivity index (χ2n) is 2.84. The first kappa shape index (κ1) is 19.7. The van der Waals surface area contributed by atoms with Crippen LogP contribution in [0.1, 0.15) is 28.1 Å². The van der Waals surface area contributed by atoms with Gasteiger partial charge in [0.05, 0.1) is 0 Å². The van der Waals surface area contributed by atoms with Crippen molar-refractivity contribution < 1.29 is 83.5 Å². The van der Waals surface area contributed by atoms with Gasteiger partial charge in [0.15, 0.2) is 10.9 Å². The molecule has 7 nitrogen and oxygen atoms in total. The Kier molecular flexibility index (Phi) is 9.58. The van der Waals surface area contributed by atoms with Crippen molar-refractivity contribution in [2.45, 2.75) is 37.6 Å². The molecule has 0 rings (SSSR count). The van der Waals surface area contributed by atoms with Crippen LogP contribution in [0.2, 0.25) is 0 Å². The molecule has 2 unspecified atom stereocenters. The summed E-state index contributed by atoms with van der Waals surface area (Å²) < 4.78 is 64.7. The molecule has 0 aromatic rings. The molecule has 0 aliphatic carbocycles. The molecule has 2 N–H and O–H groups in total. The average molecular weight is 302 g/mol.